The summed E-state index contributed by atoms with van der Waals surface area (Å²) >= 11 is 0. The van der Waals surface area contributed by atoms with Crippen LogP contribution in [0.5, 0.6) is 0 Å². The third-order valence-corrected chi connectivity index (χ3v) is 2.31. The van der Waals surface area contributed by atoms with Crippen molar-refractivity contribution in [2.75, 3.05) is 11.9 Å². The molecule has 0 aromatic carbocycles. The molecule has 1 N–H and O–H groups in total. The van der Waals surface area contributed by atoms with Gasteiger partial charge in [0.1, 0.15) is 0 Å². The highest BCUT2D eigenvalue weighted by Crippen LogP contribution is 2.29. The first-order chi connectivity index (χ1) is 6.70. The SMILES string of the molecule is CN(c1nccnc1C(=O)O)C1CC1. The van der Waals surface area contributed by atoms with Crippen molar-refractivity contribution < 1.29 is 9.90 Å². The molecule has 0 spiro atoms. The van der Waals surface area contributed by atoms with E-state index in [0.29, 0.717) is 11.9 Å². The quantitative estimate of drug-likeness (QED) is 0.768. The molecule has 14 heavy (non-hydrogen) atoms. The number of hydrogen-bond donors (Lipinski definition) is 1. The summed E-state index contributed by atoms with van der Waals surface area (Å²) in [5, 5.41) is 8.89. The molecular weight excluding hydrogens is 182 g/mol. The molecule has 0 saturated heterocycles. The summed E-state index contributed by atoms with van der Waals surface area (Å²) in [4.78, 5) is 20.6. The Labute approximate surface area is 81.4 Å². The Bertz CT molecular complexity index is 363. The molecule has 1 fully saturated rings. The van der Waals surface area contributed by atoms with Crippen LogP contribution in [0.3, 0.4) is 0 Å². The molecule has 1 aliphatic carbocycles. The van der Waals surface area contributed by atoms with E-state index >= 15 is 0 Å². The molecule has 1 saturated carbocycles. The second-order valence-corrected chi connectivity index (χ2v) is 3.38. The summed E-state index contributed by atoms with van der Waals surface area (Å²) in [7, 11) is 1.86. The zero-order valence-electron chi connectivity index (χ0n) is 7.84. The predicted molar refractivity (Wildman–Crippen MR) is 50.4 cm³/mol. The first-order valence-electron chi connectivity index (χ1n) is 4.47. The molecule has 1 aromatic heterocycles. The van der Waals surface area contributed by atoms with Crippen molar-refractivity contribution in [3.05, 3.63) is 18.1 Å². The second-order valence-electron chi connectivity index (χ2n) is 3.38. The lowest BCUT2D eigenvalue weighted by molar-refractivity contribution is 0.0691. The number of carboxylic acid groups (broad SMARTS) is 1. The van der Waals surface area contributed by atoms with Gasteiger partial charge < -0.3 is 10.0 Å². The Kier molecular flexibility index (Phi) is 2.07. The average Bonchev–Trinajstić information content (AvgIpc) is 3.00. The molecule has 0 amide bonds. The van der Waals surface area contributed by atoms with Gasteiger partial charge in [-0.3, -0.25) is 0 Å². The Morgan fingerprint density at radius 2 is 2.14 bits per heavy atom. The van der Waals surface area contributed by atoms with Crippen molar-refractivity contribution in [2.24, 2.45) is 0 Å². The van der Waals surface area contributed by atoms with Crippen molar-refractivity contribution in [2.45, 2.75) is 18.9 Å². The van der Waals surface area contributed by atoms with Crippen LogP contribution in [0, 0.1) is 0 Å². The van der Waals surface area contributed by atoms with Gasteiger partial charge in [0.25, 0.3) is 0 Å². The van der Waals surface area contributed by atoms with Gasteiger partial charge in [-0.05, 0) is 12.8 Å². The highest BCUT2D eigenvalue weighted by molar-refractivity contribution is 5.90. The molecule has 1 aliphatic rings. The number of hydrogen-bond acceptors (Lipinski definition) is 4. The van der Waals surface area contributed by atoms with Crippen molar-refractivity contribution in [1.82, 2.24) is 9.97 Å². The molecule has 0 atom stereocenters. The number of anilines is 1. The summed E-state index contributed by atoms with van der Waals surface area (Å²) in [6, 6.07) is 0.435. The maximum atomic E-state index is 10.8. The number of carbonyl (C=O) groups is 1. The molecule has 0 radical (unpaired) electrons. The summed E-state index contributed by atoms with van der Waals surface area (Å²) < 4.78 is 0. The average molecular weight is 193 g/mol. The summed E-state index contributed by atoms with van der Waals surface area (Å²) in [6.45, 7) is 0. The van der Waals surface area contributed by atoms with E-state index in [1.807, 2.05) is 11.9 Å². The lowest BCUT2D eigenvalue weighted by Crippen LogP contribution is -2.24. The van der Waals surface area contributed by atoms with Crippen molar-refractivity contribution >= 4 is 11.8 Å². The smallest absolute Gasteiger partial charge is 0.358 e. The van der Waals surface area contributed by atoms with Gasteiger partial charge >= 0.3 is 5.97 Å². The molecule has 2 rings (SSSR count). The van der Waals surface area contributed by atoms with Gasteiger partial charge in [-0.2, -0.15) is 0 Å². The highest BCUT2D eigenvalue weighted by Gasteiger charge is 2.29. The fourth-order valence-corrected chi connectivity index (χ4v) is 1.37. The first-order valence-corrected chi connectivity index (χ1v) is 4.47. The second kappa shape index (κ2) is 3.25. The van der Waals surface area contributed by atoms with Gasteiger partial charge in [0, 0.05) is 25.5 Å². The molecule has 74 valence electrons. The topological polar surface area (TPSA) is 66.3 Å². The van der Waals surface area contributed by atoms with Crippen molar-refractivity contribution in [3.8, 4) is 0 Å². The highest BCUT2D eigenvalue weighted by atomic mass is 16.4. The van der Waals surface area contributed by atoms with E-state index in [2.05, 4.69) is 9.97 Å². The monoisotopic (exact) mass is 193 g/mol. The zero-order valence-corrected chi connectivity index (χ0v) is 7.84. The van der Waals surface area contributed by atoms with Gasteiger partial charge in [-0.1, -0.05) is 0 Å². The van der Waals surface area contributed by atoms with Gasteiger partial charge in [0.15, 0.2) is 11.5 Å². The van der Waals surface area contributed by atoms with Gasteiger partial charge in [0.05, 0.1) is 0 Å². The predicted octanol–water partition coefficient (Wildman–Crippen LogP) is 0.773. The fraction of sp³-hybridized carbons (Fsp3) is 0.444. The van der Waals surface area contributed by atoms with E-state index in [9.17, 15) is 4.79 Å². The third-order valence-electron chi connectivity index (χ3n) is 2.31. The summed E-state index contributed by atoms with van der Waals surface area (Å²) in [5.74, 6) is -0.567. The van der Waals surface area contributed by atoms with E-state index in [0.717, 1.165) is 12.8 Å². The Balaban J connectivity index is 2.34. The molecule has 1 heterocycles. The Morgan fingerprint density at radius 3 is 2.71 bits per heavy atom. The van der Waals surface area contributed by atoms with Gasteiger partial charge in [-0.25, -0.2) is 14.8 Å². The van der Waals surface area contributed by atoms with Crippen LogP contribution < -0.4 is 4.90 Å². The maximum absolute atomic E-state index is 10.8. The standard InChI is InChI=1S/C9H11N3O2/c1-12(6-2-3-6)8-7(9(13)14)10-4-5-11-8/h4-6H,2-3H2,1H3,(H,13,14). The van der Waals surface area contributed by atoms with E-state index in [1.54, 1.807) is 0 Å². The van der Waals surface area contributed by atoms with Crippen molar-refractivity contribution in [1.29, 1.82) is 0 Å². The molecule has 0 bridgehead atoms. The first kappa shape index (κ1) is 8.93. The third kappa shape index (κ3) is 1.53. The lowest BCUT2D eigenvalue weighted by Gasteiger charge is -2.17. The number of rotatable bonds is 3. The molecule has 5 heteroatoms. The lowest BCUT2D eigenvalue weighted by atomic mass is 10.3. The minimum Gasteiger partial charge on any atom is -0.476 e. The van der Waals surface area contributed by atoms with Gasteiger partial charge in [0.2, 0.25) is 0 Å². The number of carboxylic acids is 1. The Morgan fingerprint density at radius 1 is 1.50 bits per heavy atom. The molecular formula is C9H11N3O2. The largest absolute Gasteiger partial charge is 0.476 e. The summed E-state index contributed by atoms with van der Waals surface area (Å²) in [5.41, 5.74) is 0.0295. The maximum Gasteiger partial charge on any atom is 0.358 e. The summed E-state index contributed by atoms with van der Waals surface area (Å²) in [6.07, 6.45) is 5.12. The number of aromatic carboxylic acids is 1. The Hall–Kier alpha value is -1.65. The molecule has 1 aromatic rings. The van der Waals surface area contributed by atoms with E-state index in [-0.39, 0.29) is 5.69 Å². The number of aromatic nitrogens is 2. The minimum atomic E-state index is -1.03. The van der Waals surface area contributed by atoms with Crippen LogP contribution in [0.25, 0.3) is 0 Å². The van der Waals surface area contributed by atoms with E-state index in [1.165, 1.54) is 12.4 Å². The number of nitrogens with zero attached hydrogens (tertiary/aromatic N) is 3. The molecule has 0 aliphatic heterocycles. The zero-order chi connectivity index (χ0) is 10.1. The van der Waals surface area contributed by atoms with Crippen LogP contribution in [0.1, 0.15) is 23.3 Å². The van der Waals surface area contributed by atoms with Crippen LogP contribution in [0.4, 0.5) is 5.82 Å². The minimum absolute atomic E-state index is 0.0295. The van der Waals surface area contributed by atoms with Gasteiger partial charge in [-0.15, -0.1) is 0 Å². The van der Waals surface area contributed by atoms with Crippen LogP contribution >= 0.6 is 0 Å². The van der Waals surface area contributed by atoms with Crippen LogP contribution in [0.2, 0.25) is 0 Å². The van der Waals surface area contributed by atoms with Crippen LogP contribution in [-0.2, 0) is 0 Å². The molecule has 5 nitrogen and oxygen atoms in total. The van der Waals surface area contributed by atoms with E-state index in [4.69, 9.17) is 5.11 Å². The van der Waals surface area contributed by atoms with Crippen LogP contribution in [-0.4, -0.2) is 34.1 Å². The fourth-order valence-electron chi connectivity index (χ4n) is 1.37. The normalized spacial score (nSPS) is 15.2. The van der Waals surface area contributed by atoms with Crippen LogP contribution in [0.15, 0.2) is 12.4 Å². The van der Waals surface area contributed by atoms with E-state index < -0.39 is 5.97 Å². The molecule has 0 unspecified atom stereocenters. The van der Waals surface area contributed by atoms with Crippen molar-refractivity contribution in [3.63, 3.8) is 0 Å².